The maximum Gasteiger partial charge on any atom is 0.251 e. The molecule has 0 saturated carbocycles. The minimum Gasteiger partial charge on any atom is -0.497 e. The molecule has 4 aromatic rings. The number of carbonyl (C=O) groups excluding carboxylic acids is 2. The first-order chi connectivity index (χ1) is 21.6. The summed E-state index contributed by atoms with van der Waals surface area (Å²) in [6, 6.07) is 16.5. The molecule has 1 heterocycles. The highest BCUT2D eigenvalue weighted by molar-refractivity contribution is 7.99. The SMILES string of the molecule is COc1ccc(NC(=O)C(c2ccc(OC)c(OC)c2)N(Cc2ccc(F)cc2)C(=O)CSc2nc(C)cc(C)n2)c(OC)c1. The second-order valence-electron chi connectivity index (χ2n) is 9.94. The van der Waals surface area contributed by atoms with Crippen molar-refractivity contribution in [3.05, 3.63) is 95.1 Å². The maximum atomic E-state index is 14.3. The van der Waals surface area contributed by atoms with E-state index in [1.165, 1.54) is 57.2 Å². The van der Waals surface area contributed by atoms with Gasteiger partial charge in [0.25, 0.3) is 5.91 Å². The fourth-order valence-electron chi connectivity index (χ4n) is 4.68. The number of anilines is 1. The van der Waals surface area contributed by atoms with E-state index in [-0.39, 0.29) is 18.2 Å². The molecule has 1 N–H and O–H groups in total. The van der Waals surface area contributed by atoms with E-state index in [1.54, 1.807) is 48.5 Å². The van der Waals surface area contributed by atoms with Gasteiger partial charge in [-0.05, 0) is 67.4 Å². The number of nitrogens with one attached hydrogen (secondary N) is 1. The number of aromatic nitrogens is 2. The van der Waals surface area contributed by atoms with E-state index < -0.39 is 17.8 Å². The fraction of sp³-hybridized carbons (Fsp3) is 0.273. The summed E-state index contributed by atoms with van der Waals surface area (Å²) in [6.45, 7) is 3.71. The van der Waals surface area contributed by atoms with Gasteiger partial charge in [0.15, 0.2) is 16.7 Å². The van der Waals surface area contributed by atoms with Crippen molar-refractivity contribution in [3.63, 3.8) is 0 Å². The maximum absolute atomic E-state index is 14.3. The van der Waals surface area contributed by atoms with Gasteiger partial charge < -0.3 is 29.2 Å². The van der Waals surface area contributed by atoms with Crippen LogP contribution in [0.15, 0.2) is 71.9 Å². The normalized spacial score (nSPS) is 11.4. The van der Waals surface area contributed by atoms with E-state index in [9.17, 15) is 14.0 Å². The molecule has 0 spiro atoms. The molecule has 0 saturated heterocycles. The van der Waals surface area contributed by atoms with Gasteiger partial charge in [-0.2, -0.15) is 0 Å². The molecule has 0 fully saturated rings. The summed E-state index contributed by atoms with van der Waals surface area (Å²) >= 11 is 1.17. The van der Waals surface area contributed by atoms with E-state index in [0.717, 1.165) is 11.4 Å². The Morgan fingerprint density at radius 1 is 0.822 bits per heavy atom. The molecule has 0 aliphatic carbocycles. The van der Waals surface area contributed by atoms with Gasteiger partial charge in [0.1, 0.15) is 23.4 Å². The van der Waals surface area contributed by atoms with Crippen LogP contribution in [0.2, 0.25) is 0 Å². The zero-order valence-electron chi connectivity index (χ0n) is 25.9. The number of aryl methyl sites for hydroxylation is 2. The molecule has 236 valence electrons. The molecule has 0 aliphatic heterocycles. The summed E-state index contributed by atoms with van der Waals surface area (Å²) in [6.07, 6.45) is 0. The lowest BCUT2D eigenvalue weighted by Crippen LogP contribution is -2.42. The molecule has 3 aromatic carbocycles. The third-order valence-corrected chi connectivity index (χ3v) is 7.66. The van der Waals surface area contributed by atoms with Gasteiger partial charge in [0, 0.05) is 24.0 Å². The van der Waals surface area contributed by atoms with E-state index >= 15 is 0 Å². The number of halogens is 1. The van der Waals surface area contributed by atoms with E-state index in [1.807, 2.05) is 19.9 Å². The van der Waals surface area contributed by atoms with Crippen LogP contribution in [0.3, 0.4) is 0 Å². The molecular weight excluding hydrogens is 599 g/mol. The Morgan fingerprint density at radius 3 is 2.11 bits per heavy atom. The molecule has 10 nitrogen and oxygen atoms in total. The van der Waals surface area contributed by atoms with Crippen molar-refractivity contribution in [2.45, 2.75) is 31.6 Å². The second-order valence-corrected chi connectivity index (χ2v) is 10.9. The monoisotopic (exact) mass is 634 g/mol. The van der Waals surface area contributed by atoms with Crippen LogP contribution in [-0.4, -0.2) is 60.9 Å². The third kappa shape index (κ3) is 8.42. The zero-order chi connectivity index (χ0) is 32.5. The molecule has 0 bridgehead atoms. The smallest absolute Gasteiger partial charge is 0.251 e. The topological polar surface area (TPSA) is 112 Å². The predicted molar refractivity (Wildman–Crippen MR) is 170 cm³/mol. The van der Waals surface area contributed by atoms with Crippen molar-refractivity contribution in [1.29, 1.82) is 0 Å². The Bertz CT molecular complexity index is 1630. The molecule has 2 amide bonds. The van der Waals surface area contributed by atoms with Crippen molar-refractivity contribution in [2.24, 2.45) is 0 Å². The average Bonchev–Trinajstić information content (AvgIpc) is 3.03. The molecule has 1 atom stereocenters. The summed E-state index contributed by atoms with van der Waals surface area (Å²) in [5.74, 6) is 0.371. The van der Waals surface area contributed by atoms with Crippen molar-refractivity contribution < 1.29 is 32.9 Å². The predicted octanol–water partition coefficient (Wildman–Crippen LogP) is 5.77. The largest absolute Gasteiger partial charge is 0.497 e. The molecular formula is C33H35FN4O6S. The molecule has 0 radical (unpaired) electrons. The number of hydrogen-bond donors (Lipinski definition) is 1. The number of ether oxygens (including phenoxy) is 4. The molecule has 1 aromatic heterocycles. The molecule has 1 unspecified atom stereocenters. The lowest BCUT2D eigenvalue weighted by atomic mass is 10.0. The van der Waals surface area contributed by atoms with Gasteiger partial charge in [-0.25, -0.2) is 14.4 Å². The number of carbonyl (C=O) groups is 2. The number of benzene rings is 3. The number of amides is 2. The standard InChI is InChI=1S/C33H35FN4O6S/c1-20-15-21(2)36-33(35-20)45-19-30(39)38(18-22-7-10-24(34)11-8-22)31(23-9-14-27(42-4)29(16-23)44-6)32(40)37-26-13-12-25(41-3)17-28(26)43-5/h7-17,31H,18-19H2,1-6H3,(H,37,40). The van der Waals surface area contributed by atoms with Crippen LogP contribution in [0.25, 0.3) is 0 Å². The van der Waals surface area contributed by atoms with Gasteiger partial charge in [0.2, 0.25) is 5.91 Å². The summed E-state index contributed by atoms with van der Waals surface area (Å²) in [5, 5.41) is 3.36. The Kier molecular flexibility index (Phi) is 11.2. The van der Waals surface area contributed by atoms with Crippen LogP contribution in [0, 0.1) is 19.7 Å². The lowest BCUT2D eigenvalue weighted by Gasteiger charge is -2.32. The Balaban J connectivity index is 1.79. The van der Waals surface area contributed by atoms with Gasteiger partial charge in [-0.15, -0.1) is 0 Å². The first-order valence-electron chi connectivity index (χ1n) is 13.9. The molecule has 0 aliphatic rings. The number of nitrogens with zero attached hydrogens (tertiary/aromatic N) is 3. The quantitative estimate of drug-likeness (QED) is 0.145. The van der Waals surface area contributed by atoms with Crippen molar-refractivity contribution >= 4 is 29.3 Å². The van der Waals surface area contributed by atoms with Crippen molar-refractivity contribution in [1.82, 2.24) is 14.9 Å². The minimum absolute atomic E-state index is 0.000442. The third-order valence-electron chi connectivity index (χ3n) is 6.82. The first kappa shape index (κ1) is 33.1. The molecule has 45 heavy (non-hydrogen) atoms. The number of methoxy groups -OCH3 is 4. The average molecular weight is 635 g/mol. The Morgan fingerprint density at radius 2 is 1.49 bits per heavy atom. The summed E-state index contributed by atoms with van der Waals surface area (Å²) in [5.41, 5.74) is 3.01. The Hall–Kier alpha value is -4.84. The van der Waals surface area contributed by atoms with Gasteiger partial charge >= 0.3 is 0 Å². The van der Waals surface area contributed by atoms with E-state index in [4.69, 9.17) is 18.9 Å². The van der Waals surface area contributed by atoms with E-state index in [2.05, 4.69) is 15.3 Å². The highest BCUT2D eigenvalue weighted by Gasteiger charge is 2.33. The van der Waals surface area contributed by atoms with Crippen LogP contribution < -0.4 is 24.3 Å². The summed E-state index contributed by atoms with van der Waals surface area (Å²) in [7, 11) is 6.00. The van der Waals surface area contributed by atoms with E-state index in [0.29, 0.717) is 45.0 Å². The van der Waals surface area contributed by atoms with Crippen LogP contribution in [0.1, 0.15) is 28.6 Å². The first-order valence-corrected chi connectivity index (χ1v) is 14.9. The number of rotatable bonds is 13. The molecule has 4 rings (SSSR count). The van der Waals surface area contributed by atoms with Crippen LogP contribution in [0.5, 0.6) is 23.0 Å². The van der Waals surface area contributed by atoms with Crippen molar-refractivity contribution in [3.8, 4) is 23.0 Å². The van der Waals surface area contributed by atoms with Crippen LogP contribution >= 0.6 is 11.8 Å². The molecule has 12 heteroatoms. The highest BCUT2D eigenvalue weighted by Crippen LogP contribution is 2.35. The Labute approximate surface area is 265 Å². The lowest BCUT2D eigenvalue weighted by molar-refractivity contribution is -0.137. The number of thioether (sulfide) groups is 1. The van der Waals surface area contributed by atoms with Gasteiger partial charge in [-0.3, -0.25) is 9.59 Å². The summed E-state index contributed by atoms with van der Waals surface area (Å²) < 4.78 is 35.6. The van der Waals surface area contributed by atoms with Gasteiger partial charge in [0.05, 0.1) is 39.9 Å². The zero-order valence-corrected chi connectivity index (χ0v) is 26.7. The highest BCUT2D eigenvalue weighted by atomic mass is 32.2. The second kappa shape index (κ2) is 15.2. The van der Waals surface area contributed by atoms with Crippen molar-refractivity contribution in [2.75, 3.05) is 39.5 Å². The number of hydrogen-bond acceptors (Lipinski definition) is 9. The fourth-order valence-corrected chi connectivity index (χ4v) is 5.51. The minimum atomic E-state index is -1.16. The van der Waals surface area contributed by atoms with Gasteiger partial charge in [-0.1, -0.05) is 30.0 Å². The summed E-state index contributed by atoms with van der Waals surface area (Å²) in [4.78, 5) is 38.7. The van der Waals surface area contributed by atoms with Crippen LogP contribution in [0.4, 0.5) is 10.1 Å². The van der Waals surface area contributed by atoms with Crippen LogP contribution in [-0.2, 0) is 16.1 Å².